The molecule has 0 spiro atoms. The van der Waals surface area contributed by atoms with Gasteiger partial charge in [-0.2, -0.15) is 0 Å². The van der Waals surface area contributed by atoms with Gasteiger partial charge in [-0.05, 0) is 158 Å². The number of fused-ring (bicyclic) bond motifs is 6. The van der Waals surface area contributed by atoms with E-state index in [0.717, 1.165) is 55.7 Å². The van der Waals surface area contributed by atoms with Gasteiger partial charge < -0.3 is 9.15 Å². The smallest absolute Gasteiger partial charge is 0.158 e. The Morgan fingerprint density at radius 2 is 0.875 bits per heavy atom. The summed E-state index contributed by atoms with van der Waals surface area (Å²) in [6.45, 7) is 0. The predicted molar refractivity (Wildman–Crippen MR) is 267 cm³/mol. The van der Waals surface area contributed by atoms with Gasteiger partial charge in [-0.15, -0.1) is 0 Å². The van der Waals surface area contributed by atoms with E-state index in [1.165, 1.54) is 92.5 Å². The zero-order chi connectivity index (χ0) is 41.6. The summed E-state index contributed by atoms with van der Waals surface area (Å²) >= 11 is 0. The summed E-state index contributed by atoms with van der Waals surface area (Å²) in [6.07, 6.45) is 4.46. The third kappa shape index (κ3) is 4.81. The van der Waals surface area contributed by atoms with Crippen molar-refractivity contribution in [1.82, 2.24) is 0 Å². The highest BCUT2D eigenvalue weighted by Crippen LogP contribution is 2.48. The van der Waals surface area contributed by atoms with Gasteiger partial charge in [0.05, 0.1) is 5.92 Å². The molecule has 0 radical (unpaired) electrons. The van der Waals surface area contributed by atoms with Gasteiger partial charge in [0.15, 0.2) is 5.76 Å². The molecule has 2 heterocycles. The first kappa shape index (κ1) is 34.2. The van der Waals surface area contributed by atoms with Gasteiger partial charge in [0, 0.05) is 16.3 Å². The van der Waals surface area contributed by atoms with E-state index < -0.39 is 0 Å². The Bertz CT molecular complexity index is 4230. The Hall–Kier alpha value is -8.42. The molecule has 64 heavy (non-hydrogen) atoms. The van der Waals surface area contributed by atoms with E-state index in [1.807, 2.05) is 0 Å². The number of rotatable bonds is 4. The van der Waals surface area contributed by atoms with Crippen LogP contribution in [0.5, 0.6) is 5.75 Å². The van der Waals surface area contributed by atoms with Crippen LogP contribution in [-0.4, -0.2) is 0 Å². The van der Waals surface area contributed by atoms with Gasteiger partial charge in [0.1, 0.15) is 16.9 Å². The van der Waals surface area contributed by atoms with Crippen LogP contribution in [0.4, 0.5) is 0 Å². The molecule has 294 valence electrons. The van der Waals surface area contributed by atoms with E-state index in [9.17, 15) is 0 Å². The molecule has 0 bridgehead atoms. The van der Waals surface area contributed by atoms with Crippen molar-refractivity contribution in [2.45, 2.75) is 5.92 Å². The normalized spacial score (nSPS) is 14.7. The van der Waals surface area contributed by atoms with Crippen molar-refractivity contribution in [2.24, 2.45) is 0 Å². The maximum Gasteiger partial charge on any atom is 0.158 e. The molecule has 13 aromatic rings. The SMILES string of the molecule is C1=CC(c2ccc3ccc4cccc5ccc2c3c45)=CC2C=1Oc1ccc(-c3cccc(-c4ccc5oc6ccc(-c7ccc8ccc9cccc%10ccc7c8c9%10)cc6c5c4)c3)cc12. The molecule has 1 aliphatic heterocycles. The molecule has 0 amide bonds. The van der Waals surface area contributed by atoms with E-state index >= 15 is 0 Å². The first-order valence-electron chi connectivity index (χ1n) is 22.1. The van der Waals surface area contributed by atoms with Crippen molar-refractivity contribution in [2.75, 3.05) is 0 Å². The molecule has 0 saturated heterocycles. The van der Waals surface area contributed by atoms with Crippen LogP contribution in [0.25, 0.3) is 126 Å². The summed E-state index contributed by atoms with van der Waals surface area (Å²) in [6, 6.07) is 69.1. The molecule has 0 N–H and O–H groups in total. The lowest BCUT2D eigenvalue weighted by molar-refractivity contribution is 0.439. The van der Waals surface area contributed by atoms with E-state index in [2.05, 4.69) is 206 Å². The second kappa shape index (κ2) is 12.6. The van der Waals surface area contributed by atoms with Crippen LogP contribution in [0.15, 0.2) is 216 Å². The van der Waals surface area contributed by atoms with Crippen LogP contribution in [0.1, 0.15) is 17.0 Å². The largest absolute Gasteiger partial charge is 0.456 e. The summed E-state index contributed by atoms with van der Waals surface area (Å²) in [5.41, 5.74) is 15.9. The van der Waals surface area contributed by atoms with Gasteiger partial charge >= 0.3 is 0 Å². The summed E-state index contributed by atoms with van der Waals surface area (Å²) in [5, 5.41) is 17.8. The minimum atomic E-state index is -0.0142. The molecule has 1 aromatic heterocycles. The summed E-state index contributed by atoms with van der Waals surface area (Å²) in [4.78, 5) is 0. The standard InChI is InChI=1S/C62H34O2/c1-4-35-10-12-39-14-22-47(49-24-16-37(6-1)59(35)61(39)49)45-20-28-57-53(33-45)51-31-43(18-26-55(51)63-57)41-8-3-9-42(30-41)44-19-27-56-52(32-44)54-34-46(21-29-58(54)64-56)48-23-15-40-13-11-36-5-2-7-38-17-25-50(48)62(40)60(36)38/h1-28,30-34,54H. The average molecular weight is 811 g/mol. The number of hydrogen-bond acceptors (Lipinski definition) is 2. The minimum absolute atomic E-state index is 0.0142. The van der Waals surface area contributed by atoms with Crippen LogP contribution in [0.2, 0.25) is 0 Å². The molecular weight excluding hydrogens is 777 g/mol. The number of hydrogen-bond donors (Lipinski definition) is 0. The lowest BCUT2D eigenvalue weighted by Gasteiger charge is -2.17. The first-order chi connectivity index (χ1) is 31.7. The Labute approximate surface area is 367 Å². The summed E-state index contributed by atoms with van der Waals surface area (Å²) in [7, 11) is 0. The zero-order valence-electron chi connectivity index (χ0n) is 34.4. The maximum atomic E-state index is 6.45. The van der Waals surface area contributed by atoms with Gasteiger partial charge in [0.25, 0.3) is 0 Å². The fourth-order valence-electron chi connectivity index (χ4n) is 11.2. The topological polar surface area (TPSA) is 22.4 Å². The van der Waals surface area contributed by atoms with Crippen molar-refractivity contribution in [3.8, 4) is 39.1 Å². The summed E-state index contributed by atoms with van der Waals surface area (Å²) < 4.78 is 12.9. The highest BCUT2D eigenvalue weighted by Gasteiger charge is 2.31. The molecule has 2 heteroatoms. The van der Waals surface area contributed by atoms with E-state index in [0.29, 0.717) is 0 Å². The molecule has 0 saturated carbocycles. The van der Waals surface area contributed by atoms with Crippen LogP contribution >= 0.6 is 0 Å². The predicted octanol–water partition coefficient (Wildman–Crippen LogP) is 17.0. The molecule has 1 atom stereocenters. The fraction of sp³-hybridized carbons (Fsp3) is 0.0161. The highest BCUT2D eigenvalue weighted by atomic mass is 16.5. The van der Waals surface area contributed by atoms with Gasteiger partial charge in [-0.25, -0.2) is 0 Å². The van der Waals surface area contributed by atoms with Crippen molar-refractivity contribution in [3.63, 3.8) is 0 Å². The maximum absolute atomic E-state index is 6.45. The van der Waals surface area contributed by atoms with Gasteiger partial charge in [-0.1, -0.05) is 157 Å². The molecule has 2 aliphatic rings. The van der Waals surface area contributed by atoms with E-state index in [1.54, 1.807) is 0 Å². The second-order valence-corrected chi connectivity index (χ2v) is 17.7. The van der Waals surface area contributed by atoms with Crippen molar-refractivity contribution < 1.29 is 9.15 Å². The molecule has 15 rings (SSSR count). The first-order valence-corrected chi connectivity index (χ1v) is 22.1. The van der Waals surface area contributed by atoms with E-state index in [-0.39, 0.29) is 5.92 Å². The number of benzene rings is 12. The Morgan fingerprint density at radius 3 is 1.55 bits per heavy atom. The molecule has 1 unspecified atom stereocenters. The van der Waals surface area contributed by atoms with E-state index in [4.69, 9.17) is 9.15 Å². The van der Waals surface area contributed by atoms with Crippen LogP contribution in [0, 0.1) is 0 Å². The van der Waals surface area contributed by atoms with Gasteiger partial charge in [-0.3, -0.25) is 0 Å². The third-order valence-electron chi connectivity index (χ3n) is 14.2. The number of furan rings is 1. The van der Waals surface area contributed by atoms with Gasteiger partial charge in [0.2, 0.25) is 0 Å². The van der Waals surface area contributed by atoms with Crippen LogP contribution in [-0.2, 0) is 0 Å². The Morgan fingerprint density at radius 1 is 0.375 bits per heavy atom. The zero-order valence-corrected chi connectivity index (χ0v) is 34.4. The fourth-order valence-corrected chi connectivity index (χ4v) is 11.2. The third-order valence-corrected chi connectivity index (χ3v) is 14.2. The number of ether oxygens (including phenoxy) is 1. The lowest BCUT2D eigenvalue weighted by Crippen LogP contribution is -2.00. The van der Waals surface area contributed by atoms with Crippen molar-refractivity contribution in [1.29, 1.82) is 0 Å². The Balaban J connectivity index is 0.791. The minimum Gasteiger partial charge on any atom is -0.456 e. The molecule has 1 aliphatic carbocycles. The Kier molecular flexibility index (Phi) is 6.73. The monoisotopic (exact) mass is 810 g/mol. The average Bonchev–Trinajstić information content (AvgIpc) is 3.91. The molecule has 12 aromatic carbocycles. The van der Waals surface area contributed by atoms with Crippen LogP contribution < -0.4 is 4.74 Å². The number of allylic oxidation sites excluding steroid dienone is 2. The summed E-state index contributed by atoms with van der Waals surface area (Å²) in [5.74, 6) is 1.73. The highest BCUT2D eigenvalue weighted by molar-refractivity contribution is 6.26. The van der Waals surface area contributed by atoms with Crippen molar-refractivity contribution >= 4 is 92.1 Å². The molecule has 2 nitrogen and oxygen atoms in total. The molecule has 0 fully saturated rings. The molecular formula is C62H34O2. The van der Waals surface area contributed by atoms with Crippen LogP contribution in [0.3, 0.4) is 0 Å². The second-order valence-electron chi connectivity index (χ2n) is 17.7. The quantitative estimate of drug-likeness (QED) is 0.130. The lowest BCUT2D eigenvalue weighted by atomic mass is 9.86. The van der Waals surface area contributed by atoms with Crippen molar-refractivity contribution in [3.05, 3.63) is 223 Å².